The maximum atomic E-state index is 11.1. The van der Waals surface area contributed by atoms with Crippen molar-refractivity contribution in [3.8, 4) is 0 Å². The second-order valence-corrected chi connectivity index (χ2v) is 4.05. The third-order valence-corrected chi connectivity index (χ3v) is 1.31. The lowest BCUT2D eigenvalue weighted by Gasteiger charge is -2.20. The molecule has 0 fully saturated rings. The molecule has 0 aliphatic heterocycles. The molecule has 0 aromatic carbocycles. The topological polar surface area (TPSA) is 66.4 Å². The number of hydrogen-bond acceptors (Lipinski definition) is 2. The first-order valence-corrected chi connectivity index (χ1v) is 4.34. The van der Waals surface area contributed by atoms with Gasteiger partial charge in [-0.25, -0.2) is 0 Å². The first-order chi connectivity index (χ1) is 5.81. The lowest BCUT2D eigenvalue weighted by molar-refractivity contribution is -0.137. The van der Waals surface area contributed by atoms with Crippen LogP contribution in [0.25, 0.3) is 0 Å². The Labute approximate surface area is 85.7 Å². The summed E-state index contributed by atoms with van der Waals surface area (Å²) in [5.74, 6) is -0.947. The van der Waals surface area contributed by atoms with Crippen molar-refractivity contribution in [1.29, 1.82) is 0 Å². The minimum absolute atomic E-state index is 0. The van der Waals surface area contributed by atoms with Gasteiger partial charge in [0, 0.05) is 18.4 Å². The molecule has 0 unspecified atom stereocenters. The fraction of sp³-hybridized carbons (Fsp3) is 0.800. The number of carboxylic acids is 1. The van der Waals surface area contributed by atoms with Crippen LogP contribution >= 0.6 is 0 Å². The number of hydrogen-bond donors (Lipinski definition) is 2. The van der Waals surface area contributed by atoms with Crippen LogP contribution in [0.15, 0.2) is 0 Å². The van der Waals surface area contributed by atoms with Gasteiger partial charge >= 0.3 is 5.97 Å². The van der Waals surface area contributed by atoms with Crippen molar-refractivity contribution >= 4 is 11.9 Å². The van der Waals surface area contributed by atoms with Crippen molar-refractivity contribution in [3.63, 3.8) is 0 Å². The third kappa shape index (κ3) is 10.9. The van der Waals surface area contributed by atoms with Gasteiger partial charge in [-0.3, -0.25) is 9.59 Å². The highest BCUT2D eigenvalue weighted by atomic mass is 16.4. The van der Waals surface area contributed by atoms with Crippen LogP contribution in [-0.2, 0) is 9.59 Å². The van der Waals surface area contributed by atoms with Gasteiger partial charge in [0.05, 0.1) is 0 Å². The van der Waals surface area contributed by atoms with Crippen LogP contribution in [-0.4, -0.2) is 22.5 Å². The molecule has 4 heteroatoms. The molecular formula is C10H21NO3. The number of nitrogens with one attached hydrogen (secondary N) is 1. The van der Waals surface area contributed by atoms with E-state index in [1.165, 1.54) is 0 Å². The van der Waals surface area contributed by atoms with Crippen molar-refractivity contribution in [1.82, 2.24) is 5.32 Å². The van der Waals surface area contributed by atoms with E-state index in [1.54, 1.807) is 0 Å². The van der Waals surface area contributed by atoms with E-state index in [4.69, 9.17) is 5.11 Å². The zero-order chi connectivity index (χ0) is 10.5. The first kappa shape index (κ1) is 15.4. The molecule has 0 aliphatic rings. The lowest BCUT2D eigenvalue weighted by atomic mass is 10.1. The Bertz CT molecular complexity index is 194. The van der Waals surface area contributed by atoms with Gasteiger partial charge in [0.25, 0.3) is 0 Å². The SMILES string of the molecule is C.CC(C)(C)NC(=O)CCCC(=O)O. The van der Waals surface area contributed by atoms with E-state index < -0.39 is 5.97 Å². The van der Waals surface area contributed by atoms with E-state index in [1.807, 2.05) is 20.8 Å². The second kappa shape index (κ2) is 6.40. The molecular weight excluding hydrogens is 182 g/mol. The number of rotatable bonds is 4. The summed E-state index contributed by atoms with van der Waals surface area (Å²) in [7, 11) is 0. The molecule has 0 rings (SSSR count). The Hall–Kier alpha value is -1.06. The molecule has 1 amide bonds. The number of aliphatic carboxylic acids is 1. The summed E-state index contributed by atoms with van der Waals surface area (Å²) < 4.78 is 0. The molecule has 0 aliphatic carbocycles. The highest BCUT2D eigenvalue weighted by Gasteiger charge is 2.13. The summed E-state index contributed by atoms with van der Waals surface area (Å²) in [4.78, 5) is 21.3. The molecule has 0 aromatic rings. The summed E-state index contributed by atoms with van der Waals surface area (Å²) >= 11 is 0. The smallest absolute Gasteiger partial charge is 0.303 e. The molecule has 0 saturated carbocycles. The Morgan fingerprint density at radius 3 is 2.07 bits per heavy atom. The van der Waals surface area contributed by atoms with Gasteiger partial charge in [0.15, 0.2) is 0 Å². The molecule has 0 spiro atoms. The third-order valence-electron chi connectivity index (χ3n) is 1.31. The molecule has 0 radical (unpaired) electrons. The van der Waals surface area contributed by atoms with Gasteiger partial charge in [-0.2, -0.15) is 0 Å². The summed E-state index contributed by atoms with van der Waals surface area (Å²) in [6.45, 7) is 5.67. The lowest BCUT2D eigenvalue weighted by Crippen LogP contribution is -2.40. The molecule has 0 saturated heterocycles. The van der Waals surface area contributed by atoms with Crippen LogP contribution in [0.5, 0.6) is 0 Å². The van der Waals surface area contributed by atoms with E-state index in [2.05, 4.69) is 5.32 Å². The molecule has 14 heavy (non-hydrogen) atoms. The highest BCUT2D eigenvalue weighted by molar-refractivity contribution is 5.77. The van der Waals surface area contributed by atoms with E-state index in [-0.39, 0.29) is 31.7 Å². The maximum absolute atomic E-state index is 11.1. The monoisotopic (exact) mass is 203 g/mol. The summed E-state index contributed by atoms with van der Waals surface area (Å²) in [6.07, 6.45) is 0.735. The summed E-state index contributed by atoms with van der Waals surface area (Å²) in [5, 5.41) is 11.1. The predicted octanol–water partition coefficient (Wildman–Crippen LogP) is 1.79. The Balaban J connectivity index is 0. The number of carbonyl (C=O) groups excluding carboxylic acids is 1. The van der Waals surface area contributed by atoms with E-state index in [9.17, 15) is 9.59 Å². The van der Waals surface area contributed by atoms with Crippen molar-refractivity contribution < 1.29 is 14.7 Å². The van der Waals surface area contributed by atoms with Crippen molar-refractivity contribution in [3.05, 3.63) is 0 Å². The van der Waals surface area contributed by atoms with Gasteiger partial charge in [0.2, 0.25) is 5.91 Å². The largest absolute Gasteiger partial charge is 0.481 e. The Morgan fingerprint density at radius 1 is 1.21 bits per heavy atom. The van der Waals surface area contributed by atoms with E-state index >= 15 is 0 Å². The van der Waals surface area contributed by atoms with Crippen LogP contribution in [0.3, 0.4) is 0 Å². The van der Waals surface area contributed by atoms with Crippen LogP contribution < -0.4 is 5.32 Å². The zero-order valence-corrected chi connectivity index (χ0v) is 8.39. The van der Waals surface area contributed by atoms with Crippen LogP contribution in [0, 0.1) is 0 Å². The quantitative estimate of drug-likeness (QED) is 0.732. The molecule has 0 bridgehead atoms. The fourth-order valence-electron chi connectivity index (χ4n) is 0.881. The van der Waals surface area contributed by atoms with Gasteiger partial charge in [-0.1, -0.05) is 7.43 Å². The highest BCUT2D eigenvalue weighted by Crippen LogP contribution is 2.01. The van der Waals surface area contributed by atoms with Crippen LogP contribution in [0.2, 0.25) is 0 Å². The van der Waals surface area contributed by atoms with Gasteiger partial charge in [-0.05, 0) is 27.2 Å². The normalized spacial score (nSPS) is 10.2. The standard InChI is InChI=1S/C9H17NO3.CH4/c1-9(2,3)10-7(11)5-4-6-8(12)13;/h4-6H2,1-3H3,(H,10,11)(H,12,13);1H4. The second-order valence-electron chi connectivity index (χ2n) is 4.05. The van der Waals surface area contributed by atoms with E-state index in [0.717, 1.165) is 0 Å². The molecule has 0 aromatic heterocycles. The Morgan fingerprint density at radius 2 is 1.71 bits per heavy atom. The molecule has 4 nitrogen and oxygen atoms in total. The number of amides is 1. The maximum Gasteiger partial charge on any atom is 0.303 e. The first-order valence-electron chi connectivity index (χ1n) is 4.34. The minimum Gasteiger partial charge on any atom is -0.481 e. The molecule has 2 N–H and O–H groups in total. The predicted molar refractivity (Wildman–Crippen MR) is 56.1 cm³/mol. The molecule has 84 valence electrons. The summed E-state index contributed by atoms with van der Waals surface area (Å²) in [6, 6.07) is 0. The van der Waals surface area contributed by atoms with Crippen molar-refractivity contribution in [2.45, 2.75) is 53.0 Å². The minimum atomic E-state index is -0.858. The van der Waals surface area contributed by atoms with Crippen LogP contribution in [0.1, 0.15) is 47.5 Å². The van der Waals surface area contributed by atoms with Gasteiger partial charge in [-0.15, -0.1) is 0 Å². The van der Waals surface area contributed by atoms with Crippen molar-refractivity contribution in [2.24, 2.45) is 0 Å². The van der Waals surface area contributed by atoms with Gasteiger partial charge < -0.3 is 10.4 Å². The number of carbonyl (C=O) groups is 2. The van der Waals surface area contributed by atoms with Crippen LogP contribution in [0.4, 0.5) is 0 Å². The number of carboxylic acid groups (broad SMARTS) is 1. The Kier molecular flexibility index (Phi) is 7.05. The average molecular weight is 203 g/mol. The summed E-state index contributed by atoms with van der Waals surface area (Å²) in [5.41, 5.74) is -0.236. The molecule has 0 atom stereocenters. The molecule has 0 heterocycles. The fourth-order valence-corrected chi connectivity index (χ4v) is 0.881. The zero-order valence-electron chi connectivity index (χ0n) is 8.39. The van der Waals surface area contributed by atoms with Gasteiger partial charge in [0.1, 0.15) is 0 Å². The van der Waals surface area contributed by atoms with E-state index in [0.29, 0.717) is 6.42 Å². The van der Waals surface area contributed by atoms with Crippen molar-refractivity contribution in [2.75, 3.05) is 0 Å². The average Bonchev–Trinajstić information content (AvgIpc) is 1.81.